The molecule has 0 saturated carbocycles. The smallest absolute Gasteiger partial charge is 0.270 e. The maximum Gasteiger partial charge on any atom is 0.270 e. The van der Waals surface area contributed by atoms with Gasteiger partial charge in [0.1, 0.15) is 22.5 Å². The third-order valence-corrected chi connectivity index (χ3v) is 6.24. The number of anilines is 3. The Bertz CT molecular complexity index is 1170. The molecule has 3 heterocycles. The monoisotopic (exact) mass is 463 g/mol. The Hall–Kier alpha value is -3.55. The molecule has 1 amide bonds. The van der Waals surface area contributed by atoms with Gasteiger partial charge in [0.05, 0.1) is 18.8 Å². The molecule has 0 spiro atoms. The van der Waals surface area contributed by atoms with Crippen LogP contribution in [0.4, 0.5) is 16.9 Å². The number of aromatic nitrogens is 3. The Balaban J connectivity index is 1.69. The molecule has 2 aromatic heterocycles. The zero-order valence-corrected chi connectivity index (χ0v) is 19.3. The van der Waals surface area contributed by atoms with Crippen molar-refractivity contribution in [1.29, 1.82) is 5.26 Å². The van der Waals surface area contributed by atoms with Crippen molar-refractivity contribution in [3.8, 4) is 6.07 Å². The Morgan fingerprint density at radius 1 is 1.36 bits per heavy atom. The van der Waals surface area contributed by atoms with Crippen LogP contribution in [-0.2, 0) is 0 Å². The molecule has 1 aliphatic rings. The van der Waals surface area contributed by atoms with Gasteiger partial charge in [-0.2, -0.15) is 10.2 Å². The van der Waals surface area contributed by atoms with Gasteiger partial charge in [0.15, 0.2) is 5.13 Å². The Labute approximate surface area is 196 Å². The second-order valence-corrected chi connectivity index (χ2v) is 9.05. The molecule has 170 valence electrons. The van der Waals surface area contributed by atoms with E-state index in [1.165, 1.54) is 28.7 Å². The van der Waals surface area contributed by atoms with Crippen LogP contribution in [0.15, 0.2) is 36.5 Å². The third kappa shape index (κ3) is 5.27. The molecule has 10 heteroatoms. The summed E-state index contributed by atoms with van der Waals surface area (Å²) < 4.78 is 0. The molecule has 1 unspecified atom stereocenters. The molecule has 1 fully saturated rings. The highest BCUT2D eigenvalue weighted by atomic mass is 32.1. The minimum absolute atomic E-state index is 0.109. The highest BCUT2D eigenvalue weighted by Crippen LogP contribution is 2.35. The van der Waals surface area contributed by atoms with Crippen LogP contribution in [0.3, 0.4) is 0 Å². The van der Waals surface area contributed by atoms with Crippen molar-refractivity contribution in [1.82, 2.24) is 20.3 Å². The van der Waals surface area contributed by atoms with E-state index in [4.69, 9.17) is 5.26 Å². The number of aryl methyl sites for hydroxylation is 1. The van der Waals surface area contributed by atoms with Crippen LogP contribution in [0.25, 0.3) is 0 Å². The molecule has 3 N–H and O–H groups in total. The summed E-state index contributed by atoms with van der Waals surface area (Å²) in [6, 6.07) is 11.7. The number of hydrogen-bond donors (Lipinski definition) is 3. The lowest BCUT2D eigenvalue weighted by molar-refractivity contribution is 0.0917. The number of benzene rings is 1. The van der Waals surface area contributed by atoms with Crippen LogP contribution < -0.4 is 15.5 Å². The first-order valence-electron chi connectivity index (χ1n) is 10.7. The summed E-state index contributed by atoms with van der Waals surface area (Å²) in [4.78, 5) is 28.8. The fraction of sp³-hybridized carbons (Fsp3) is 0.348. The summed E-state index contributed by atoms with van der Waals surface area (Å²) in [6.07, 6.45) is 3.44. The van der Waals surface area contributed by atoms with Crippen molar-refractivity contribution in [2.75, 3.05) is 23.4 Å². The van der Waals surface area contributed by atoms with Crippen LogP contribution in [0.5, 0.6) is 0 Å². The normalized spacial score (nSPS) is 16.3. The molecular formula is C23H25N7O2S. The van der Waals surface area contributed by atoms with Crippen molar-refractivity contribution in [2.45, 2.75) is 38.8 Å². The van der Waals surface area contributed by atoms with E-state index in [2.05, 4.69) is 67.7 Å². The van der Waals surface area contributed by atoms with Gasteiger partial charge in [-0.3, -0.25) is 4.79 Å². The predicted octanol–water partition coefficient (Wildman–Crippen LogP) is 3.31. The maximum atomic E-state index is 12.8. The standard InChI is InChI=1S/C23H25N7O2S/c1-14-5-7-16(8-6-14)19-4-3-9-30(19)22-27-18(21(32)26-15(2)13-31)10-20(28-22)29-23-25-12-17(11-24)33-23/h5-8,10,12,15,19,31H,3-4,9,13H2,1-2H3,(H,26,32)(H,25,27,28,29)/t15-,19?/m1/s1. The first-order valence-corrected chi connectivity index (χ1v) is 11.6. The molecule has 2 atom stereocenters. The largest absolute Gasteiger partial charge is 0.394 e. The number of amides is 1. The van der Waals surface area contributed by atoms with Crippen molar-refractivity contribution in [3.05, 3.63) is 58.2 Å². The lowest BCUT2D eigenvalue weighted by atomic mass is 10.0. The topological polar surface area (TPSA) is 127 Å². The van der Waals surface area contributed by atoms with Crippen molar-refractivity contribution in [3.63, 3.8) is 0 Å². The number of carbonyl (C=O) groups excluding carboxylic acids is 1. The molecule has 3 aromatic rings. The summed E-state index contributed by atoms with van der Waals surface area (Å²) in [5.74, 6) is 0.461. The van der Waals surface area contributed by atoms with E-state index in [1.807, 2.05) is 0 Å². The lowest BCUT2D eigenvalue weighted by Gasteiger charge is -2.26. The van der Waals surface area contributed by atoms with E-state index in [9.17, 15) is 9.90 Å². The summed E-state index contributed by atoms with van der Waals surface area (Å²) >= 11 is 1.20. The van der Waals surface area contributed by atoms with Gasteiger partial charge < -0.3 is 20.6 Å². The molecule has 4 rings (SSSR count). The summed E-state index contributed by atoms with van der Waals surface area (Å²) in [5.41, 5.74) is 2.57. The van der Waals surface area contributed by atoms with E-state index in [0.29, 0.717) is 21.8 Å². The SMILES string of the molecule is Cc1ccc(C2CCCN2c2nc(Nc3ncc(C#N)s3)cc(C(=O)N[C@H](C)CO)n2)cc1. The Morgan fingerprint density at radius 2 is 2.15 bits per heavy atom. The quantitative estimate of drug-likeness (QED) is 0.487. The molecule has 0 radical (unpaired) electrons. The van der Waals surface area contributed by atoms with Crippen LogP contribution in [0.1, 0.15) is 52.3 Å². The second kappa shape index (κ2) is 9.94. The van der Waals surface area contributed by atoms with Gasteiger partial charge in [-0.05, 0) is 32.3 Å². The number of thiazole rings is 1. The number of hydrogen-bond acceptors (Lipinski definition) is 9. The molecular weight excluding hydrogens is 438 g/mol. The maximum absolute atomic E-state index is 12.8. The number of nitrogens with one attached hydrogen (secondary N) is 2. The second-order valence-electron chi connectivity index (χ2n) is 8.02. The molecule has 9 nitrogen and oxygen atoms in total. The van der Waals surface area contributed by atoms with E-state index >= 15 is 0 Å². The number of aliphatic hydroxyl groups excluding tert-OH is 1. The van der Waals surface area contributed by atoms with Crippen LogP contribution in [0.2, 0.25) is 0 Å². The van der Waals surface area contributed by atoms with Crippen molar-refractivity contribution in [2.24, 2.45) is 0 Å². The first-order chi connectivity index (χ1) is 16.0. The summed E-state index contributed by atoms with van der Waals surface area (Å²) in [5, 5.41) is 24.7. The minimum Gasteiger partial charge on any atom is -0.394 e. The molecule has 0 bridgehead atoms. The van der Waals surface area contributed by atoms with E-state index in [0.717, 1.165) is 19.4 Å². The van der Waals surface area contributed by atoms with Crippen LogP contribution >= 0.6 is 11.3 Å². The van der Waals surface area contributed by atoms with Crippen molar-refractivity contribution < 1.29 is 9.90 Å². The molecule has 1 aliphatic heterocycles. The van der Waals surface area contributed by atoms with Gasteiger partial charge in [-0.25, -0.2) is 9.97 Å². The number of rotatable bonds is 7. The zero-order chi connectivity index (χ0) is 23.4. The molecule has 1 saturated heterocycles. The lowest BCUT2D eigenvalue weighted by Crippen LogP contribution is -2.36. The Kier molecular flexibility index (Phi) is 6.82. The van der Waals surface area contributed by atoms with Gasteiger partial charge >= 0.3 is 0 Å². The number of nitrogens with zero attached hydrogens (tertiary/aromatic N) is 5. The van der Waals surface area contributed by atoms with E-state index in [1.54, 1.807) is 13.0 Å². The fourth-order valence-corrected chi connectivity index (χ4v) is 4.34. The average molecular weight is 464 g/mol. The van der Waals surface area contributed by atoms with Gasteiger partial charge in [0, 0.05) is 18.7 Å². The van der Waals surface area contributed by atoms with Crippen LogP contribution in [0, 0.1) is 18.3 Å². The van der Waals surface area contributed by atoms with E-state index in [-0.39, 0.29) is 18.3 Å². The van der Waals surface area contributed by atoms with Gasteiger partial charge in [-0.1, -0.05) is 41.2 Å². The molecule has 33 heavy (non-hydrogen) atoms. The number of carbonyl (C=O) groups is 1. The fourth-order valence-electron chi connectivity index (χ4n) is 3.72. The van der Waals surface area contributed by atoms with Gasteiger partial charge in [0.25, 0.3) is 5.91 Å². The number of aliphatic hydroxyl groups is 1. The highest BCUT2D eigenvalue weighted by molar-refractivity contribution is 7.16. The summed E-state index contributed by atoms with van der Waals surface area (Å²) in [7, 11) is 0. The van der Waals surface area contributed by atoms with E-state index < -0.39 is 11.9 Å². The van der Waals surface area contributed by atoms with Crippen LogP contribution in [-0.4, -0.2) is 45.2 Å². The third-order valence-electron chi connectivity index (χ3n) is 5.42. The number of nitriles is 1. The first kappa shape index (κ1) is 22.6. The van der Waals surface area contributed by atoms with Gasteiger partial charge in [-0.15, -0.1) is 0 Å². The summed E-state index contributed by atoms with van der Waals surface area (Å²) in [6.45, 7) is 4.37. The highest BCUT2D eigenvalue weighted by Gasteiger charge is 2.29. The Morgan fingerprint density at radius 3 is 2.85 bits per heavy atom. The molecule has 0 aliphatic carbocycles. The predicted molar refractivity (Wildman–Crippen MR) is 127 cm³/mol. The minimum atomic E-state index is -0.406. The average Bonchev–Trinajstić information content (AvgIpc) is 3.49. The molecule has 1 aromatic carbocycles. The zero-order valence-electron chi connectivity index (χ0n) is 18.4. The van der Waals surface area contributed by atoms with Gasteiger partial charge in [0.2, 0.25) is 5.95 Å². The van der Waals surface area contributed by atoms with Crippen molar-refractivity contribution >= 4 is 34.1 Å².